The molecule has 1 aromatic rings. The first-order chi connectivity index (χ1) is 8.48. The van der Waals surface area contributed by atoms with Crippen molar-refractivity contribution in [1.82, 2.24) is 5.32 Å². The molecule has 0 saturated heterocycles. The quantitative estimate of drug-likeness (QED) is 0.664. The summed E-state index contributed by atoms with van der Waals surface area (Å²) in [5.74, 6) is -0.330. The molecule has 4 N–H and O–H groups in total. The summed E-state index contributed by atoms with van der Waals surface area (Å²) in [4.78, 5) is 12.0. The first kappa shape index (κ1) is 14.6. The van der Waals surface area contributed by atoms with Crippen molar-refractivity contribution in [2.24, 2.45) is 5.73 Å². The summed E-state index contributed by atoms with van der Waals surface area (Å²) < 4.78 is 4.77. The highest BCUT2D eigenvalue weighted by molar-refractivity contribution is 5.86. The van der Waals surface area contributed by atoms with Gasteiger partial charge in [-0.15, -0.1) is 0 Å². The van der Waals surface area contributed by atoms with E-state index in [1.54, 1.807) is 19.1 Å². The molecular formula is C13H20N2O3. The fourth-order valence-corrected chi connectivity index (χ4v) is 1.56. The average Bonchev–Trinajstić information content (AvgIpc) is 2.37. The van der Waals surface area contributed by atoms with Gasteiger partial charge in [-0.25, -0.2) is 0 Å². The number of methoxy groups -OCH3 is 1. The molecule has 0 aliphatic carbocycles. The minimum atomic E-state index is -1.12. The summed E-state index contributed by atoms with van der Waals surface area (Å²) in [5, 5.41) is 12.1. The van der Waals surface area contributed by atoms with Crippen molar-refractivity contribution < 1.29 is 14.6 Å². The zero-order valence-corrected chi connectivity index (χ0v) is 10.7. The van der Waals surface area contributed by atoms with Crippen LogP contribution in [0, 0.1) is 0 Å². The summed E-state index contributed by atoms with van der Waals surface area (Å²) in [6.07, 6.45) is -0.731. The molecule has 1 amide bonds. The number of rotatable bonds is 6. The summed E-state index contributed by atoms with van der Waals surface area (Å²) in [7, 11) is 1.49. The van der Waals surface area contributed by atoms with Crippen LogP contribution < -0.4 is 11.1 Å². The average molecular weight is 252 g/mol. The molecule has 100 valence electrons. The van der Waals surface area contributed by atoms with Crippen molar-refractivity contribution >= 4 is 5.91 Å². The van der Waals surface area contributed by atoms with Gasteiger partial charge in [0.25, 0.3) is 0 Å². The maximum Gasteiger partial charge on any atom is 0.244 e. The van der Waals surface area contributed by atoms with E-state index >= 15 is 0 Å². The van der Waals surface area contributed by atoms with Crippen LogP contribution in [-0.2, 0) is 15.1 Å². The zero-order chi connectivity index (χ0) is 13.6. The Bertz CT molecular complexity index is 379. The van der Waals surface area contributed by atoms with Crippen molar-refractivity contribution in [3.63, 3.8) is 0 Å². The molecule has 0 bridgehead atoms. The minimum Gasteiger partial charge on any atom is -0.389 e. The van der Waals surface area contributed by atoms with E-state index in [9.17, 15) is 9.90 Å². The van der Waals surface area contributed by atoms with E-state index in [2.05, 4.69) is 5.32 Å². The molecular weight excluding hydrogens is 232 g/mol. The Balaban J connectivity index is 2.60. The molecule has 0 aliphatic heterocycles. The first-order valence-corrected chi connectivity index (χ1v) is 5.78. The number of benzene rings is 1. The largest absolute Gasteiger partial charge is 0.389 e. The molecule has 0 fully saturated rings. The van der Waals surface area contributed by atoms with Gasteiger partial charge in [-0.2, -0.15) is 0 Å². The van der Waals surface area contributed by atoms with Gasteiger partial charge in [0.15, 0.2) is 0 Å². The van der Waals surface area contributed by atoms with Gasteiger partial charge >= 0.3 is 0 Å². The van der Waals surface area contributed by atoms with Crippen molar-refractivity contribution in [2.45, 2.75) is 18.6 Å². The third-order valence-corrected chi connectivity index (χ3v) is 2.70. The summed E-state index contributed by atoms with van der Waals surface area (Å²) >= 11 is 0. The van der Waals surface area contributed by atoms with Crippen molar-refractivity contribution in [2.75, 3.05) is 20.3 Å². The molecule has 2 atom stereocenters. The number of nitrogens with two attached hydrogens (primary N) is 1. The van der Waals surface area contributed by atoms with Crippen LogP contribution in [0.5, 0.6) is 0 Å². The van der Waals surface area contributed by atoms with Gasteiger partial charge < -0.3 is 20.9 Å². The number of aliphatic hydroxyl groups excluding tert-OH is 1. The van der Waals surface area contributed by atoms with Crippen LogP contribution in [0.2, 0.25) is 0 Å². The summed E-state index contributed by atoms with van der Waals surface area (Å²) in [6, 6.07) is 9.11. The van der Waals surface area contributed by atoms with E-state index in [0.29, 0.717) is 0 Å². The van der Waals surface area contributed by atoms with Crippen LogP contribution in [0.25, 0.3) is 0 Å². The van der Waals surface area contributed by atoms with Gasteiger partial charge in [0, 0.05) is 13.7 Å². The molecule has 0 aromatic heterocycles. The highest BCUT2D eigenvalue weighted by Gasteiger charge is 2.30. The van der Waals surface area contributed by atoms with Crippen LogP contribution in [0.1, 0.15) is 12.5 Å². The van der Waals surface area contributed by atoms with Crippen molar-refractivity contribution in [3.05, 3.63) is 35.9 Å². The molecule has 5 heteroatoms. The number of nitrogens with one attached hydrogen (secondary N) is 1. The molecule has 18 heavy (non-hydrogen) atoms. The maximum atomic E-state index is 12.0. The second-order valence-electron chi connectivity index (χ2n) is 4.39. The highest BCUT2D eigenvalue weighted by Crippen LogP contribution is 2.17. The molecule has 0 saturated carbocycles. The van der Waals surface area contributed by atoms with E-state index in [1.807, 2.05) is 18.2 Å². The van der Waals surface area contributed by atoms with Crippen LogP contribution in [0.3, 0.4) is 0 Å². The number of amides is 1. The van der Waals surface area contributed by atoms with E-state index in [0.717, 1.165) is 5.56 Å². The number of ether oxygens (including phenoxy) is 1. The zero-order valence-electron chi connectivity index (χ0n) is 10.7. The smallest absolute Gasteiger partial charge is 0.244 e. The number of carbonyl (C=O) groups excluding carboxylic acids is 1. The Morgan fingerprint density at radius 1 is 1.50 bits per heavy atom. The van der Waals surface area contributed by atoms with Crippen LogP contribution in [0.4, 0.5) is 0 Å². The third kappa shape index (κ3) is 3.80. The molecule has 0 radical (unpaired) electrons. The predicted molar refractivity (Wildman–Crippen MR) is 68.9 cm³/mol. The first-order valence-electron chi connectivity index (χ1n) is 5.78. The molecule has 1 rings (SSSR count). The Labute approximate surface area is 107 Å². The van der Waals surface area contributed by atoms with Gasteiger partial charge in [-0.3, -0.25) is 4.79 Å². The molecule has 1 aromatic carbocycles. The van der Waals surface area contributed by atoms with E-state index in [4.69, 9.17) is 10.5 Å². The fourth-order valence-electron chi connectivity index (χ4n) is 1.56. The molecule has 0 aliphatic rings. The summed E-state index contributed by atoms with van der Waals surface area (Å²) in [5.41, 5.74) is 5.63. The Morgan fingerprint density at radius 2 is 2.11 bits per heavy atom. The Kier molecular flexibility index (Phi) is 5.27. The highest BCUT2D eigenvalue weighted by atomic mass is 16.5. The summed E-state index contributed by atoms with van der Waals surface area (Å²) in [6.45, 7) is 1.93. The van der Waals surface area contributed by atoms with Gasteiger partial charge in [-0.05, 0) is 12.5 Å². The lowest BCUT2D eigenvalue weighted by molar-refractivity contribution is -0.126. The van der Waals surface area contributed by atoms with Gasteiger partial charge in [0.2, 0.25) is 5.91 Å². The lowest BCUT2D eigenvalue weighted by Gasteiger charge is -2.24. The fraction of sp³-hybridized carbons (Fsp3) is 0.462. The van der Waals surface area contributed by atoms with E-state index < -0.39 is 11.6 Å². The Hall–Kier alpha value is -1.43. The third-order valence-electron chi connectivity index (χ3n) is 2.70. The standard InChI is InChI=1S/C13H20N2O3/c1-13(14,10-6-4-3-5-7-10)12(17)15-8-11(16)9-18-2/h3-7,11,16H,8-9,14H2,1-2H3,(H,15,17). The molecule has 2 unspecified atom stereocenters. The van der Waals surface area contributed by atoms with Crippen LogP contribution in [-0.4, -0.2) is 37.4 Å². The SMILES string of the molecule is COCC(O)CNC(=O)C(C)(N)c1ccccc1. The van der Waals surface area contributed by atoms with Crippen LogP contribution >= 0.6 is 0 Å². The number of hydrogen-bond donors (Lipinski definition) is 3. The molecule has 0 spiro atoms. The lowest BCUT2D eigenvalue weighted by Crippen LogP contribution is -2.50. The van der Waals surface area contributed by atoms with Gasteiger partial charge in [0.05, 0.1) is 12.7 Å². The molecule has 0 heterocycles. The Morgan fingerprint density at radius 3 is 2.67 bits per heavy atom. The van der Waals surface area contributed by atoms with Gasteiger partial charge in [0.1, 0.15) is 5.54 Å². The lowest BCUT2D eigenvalue weighted by atomic mass is 9.92. The maximum absolute atomic E-state index is 12.0. The van der Waals surface area contributed by atoms with Crippen molar-refractivity contribution in [3.8, 4) is 0 Å². The normalized spacial score (nSPS) is 15.8. The van der Waals surface area contributed by atoms with Crippen molar-refractivity contribution in [1.29, 1.82) is 0 Å². The molecule has 5 nitrogen and oxygen atoms in total. The number of aliphatic hydroxyl groups is 1. The monoisotopic (exact) mass is 252 g/mol. The second-order valence-corrected chi connectivity index (χ2v) is 4.39. The topological polar surface area (TPSA) is 84.6 Å². The number of hydrogen-bond acceptors (Lipinski definition) is 4. The van der Waals surface area contributed by atoms with E-state index in [1.165, 1.54) is 7.11 Å². The van der Waals surface area contributed by atoms with Crippen LogP contribution in [0.15, 0.2) is 30.3 Å². The predicted octanol–water partition coefficient (Wildman–Crippen LogP) is -0.0160. The minimum absolute atomic E-state index is 0.117. The second kappa shape index (κ2) is 6.49. The van der Waals surface area contributed by atoms with E-state index in [-0.39, 0.29) is 19.1 Å². The van der Waals surface area contributed by atoms with Gasteiger partial charge in [-0.1, -0.05) is 30.3 Å². The number of carbonyl (C=O) groups is 1.